The molecule has 118 valence electrons. The van der Waals surface area contributed by atoms with E-state index >= 15 is 0 Å². The number of nitrogens with zero attached hydrogens (tertiary/aromatic N) is 3. The van der Waals surface area contributed by atoms with Crippen molar-refractivity contribution in [2.75, 3.05) is 29.9 Å². The molecule has 1 fully saturated rings. The van der Waals surface area contributed by atoms with Gasteiger partial charge in [-0.05, 0) is 32.6 Å². The van der Waals surface area contributed by atoms with E-state index in [2.05, 4.69) is 20.2 Å². The molecule has 21 heavy (non-hydrogen) atoms. The van der Waals surface area contributed by atoms with Crippen molar-refractivity contribution in [3.05, 3.63) is 12.4 Å². The summed E-state index contributed by atoms with van der Waals surface area (Å²) in [7, 11) is 0. The Balaban J connectivity index is 2.06. The molecule has 0 aromatic carbocycles. The van der Waals surface area contributed by atoms with E-state index in [0.717, 1.165) is 31.6 Å². The van der Waals surface area contributed by atoms with Crippen LogP contribution in [0.3, 0.4) is 0 Å². The first-order valence-electron chi connectivity index (χ1n) is 7.71. The molecule has 2 atom stereocenters. The second-order valence-electron chi connectivity index (χ2n) is 5.99. The molecule has 0 radical (unpaired) electrons. The van der Waals surface area contributed by atoms with E-state index in [9.17, 15) is 10.2 Å². The lowest BCUT2D eigenvalue weighted by molar-refractivity contribution is 0.0696. The summed E-state index contributed by atoms with van der Waals surface area (Å²) in [6.07, 6.45) is 5.47. The van der Waals surface area contributed by atoms with Gasteiger partial charge in [-0.3, -0.25) is 0 Å². The Morgan fingerprint density at radius 2 is 2.24 bits per heavy atom. The van der Waals surface area contributed by atoms with Crippen molar-refractivity contribution >= 4 is 11.6 Å². The molecule has 1 aromatic rings. The summed E-state index contributed by atoms with van der Waals surface area (Å²) in [4.78, 5) is 10.7. The van der Waals surface area contributed by atoms with Crippen LogP contribution in [0.4, 0.5) is 11.6 Å². The van der Waals surface area contributed by atoms with Gasteiger partial charge in [-0.25, -0.2) is 9.97 Å². The second kappa shape index (κ2) is 7.04. The smallest absolute Gasteiger partial charge is 0.134 e. The molecule has 2 rings (SSSR count). The Labute approximate surface area is 126 Å². The largest absolute Gasteiger partial charge is 0.394 e. The average Bonchev–Trinajstić information content (AvgIpc) is 2.53. The first kappa shape index (κ1) is 16.0. The highest BCUT2D eigenvalue weighted by molar-refractivity contribution is 5.49. The molecule has 1 saturated heterocycles. The van der Waals surface area contributed by atoms with Gasteiger partial charge in [0.25, 0.3) is 0 Å². The van der Waals surface area contributed by atoms with Gasteiger partial charge in [0, 0.05) is 19.2 Å². The predicted octanol–water partition coefficient (Wildman–Crippen LogP) is 1.40. The number of nitrogens with one attached hydrogen (secondary N) is 1. The van der Waals surface area contributed by atoms with Gasteiger partial charge in [0.15, 0.2) is 0 Å². The van der Waals surface area contributed by atoms with Gasteiger partial charge in [-0.1, -0.05) is 6.92 Å². The number of aliphatic hydroxyl groups is 2. The minimum absolute atomic E-state index is 0.139. The van der Waals surface area contributed by atoms with E-state index in [1.54, 1.807) is 6.92 Å². The zero-order valence-corrected chi connectivity index (χ0v) is 12.9. The molecular formula is C15H26N4O2. The van der Waals surface area contributed by atoms with Gasteiger partial charge in [0.1, 0.15) is 18.0 Å². The Bertz CT molecular complexity index is 453. The van der Waals surface area contributed by atoms with Crippen molar-refractivity contribution in [2.45, 2.75) is 51.2 Å². The van der Waals surface area contributed by atoms with Crippen molar-refractivity contribution in [1.29, 1.82) is 0 Å². The van der Waals surface area contributed by atoms with Crippen LogP contribution in [0.15, 0.2) is 12.4 Å². The molecule has 6 heteroatoms. The van der Waals surface area contributed by atoms with Crippen molar-refractivity contribution in [2.24, 2.45) is 0 Å². The average molecular weight is 294 g/mol. The number of hydrogen-bond acceptors (Lipinski definition) is 6. The summed E-state index contributed by atoms with van der Waals surface area (Å²) in [5.41, 5.74) is -0.746. The Morgan fingerprint density at radius 3 is 2.95 bits per heavy atom. The van der Waals surface area contributed by atoms with Crippen LogP contribution < -0.4 is 10.2 Å². The van der Waals surface area contributed by atoms with Gasteiger partial charge in [0.2, 0.25) is 0 Å². The molecule has 0 amide bonds. The van der Waals surface area contributed by atoms with Crippen LogP contribution in [0.5, 0.6) is 0 Å². The molecular weight excluding hydrogens is 268 g/mol. The lowest BCUT2D eigenvalue weighted by Crippen LogP contribution is -2.42. The monoisotopic (exact) mass is 294 g/mol. The fraction of sp³-hybridized carbons (Fsp3) is 0.733. The van der Waals surface area contributed by atoms with E-state index in [4.69, 9.17) is 0 Å². The summed E-state index contributed by atoms with van der Waals surface area (Å²) in [5.74, 6) is 1.54. The molecule has 6 nitrogen and oxygen atoms in total. The van der Waals surface area contributed by atoms with Crippen LogP contribution in [0, 0.1) is 0 Å². The maximum atomic E-state index is 10.0. The number of aromatic nitrogens is 2. The molecule has 0 bridgehead atoms. The lowest BCUT2D eigenvalue weighted by Gasteiger charge is -2.35. The quantitative estimate of drug-likeness (QED) is 0.736. The van der Waals surface area contributed by atoms with Crippen molar-refractivity contribution in [3.63, 3.8) is 0 Å². The lowest BCUT2D eigenvalue weighted by atomic mass is 10.0. The highest BCUT2D eigenvalue weighted by atomic mass is 16.3. The summed E-state index contributed by atoms with van der Waals surface area (Å²) in [6, 6.07) is 2.03. The normalized spacial score (nSPS) is 21.9. The first-order chi connectivity index (χ1) is 10.1. The van der Waals surface area contributed by atoms with Crippen LogP contribution in [0.2, 0.25) is 0 Å². The van der Waals surface area contributed by atoms with Gasteiger partial charge in [-0.15, -0.1) is 0 Å². The van der Waals surface area contributed by atoms with Crippen LogP contribution in [-0.4, -0.2) is 51.5 Å². The Hall–Kier alpha value is -1.40. The summed E-state index contributed by atoms with van der Waals surface area (Å²) in [5, 5.41) is 22.7. The maximum absolute atomic E-state index is 10.0. The van der Waals surface area contributed by atoms with E-state index < -0.39 is 5.60 Å². The van der Waals surface area contributed by atoms with Gasteiger partial charge in [0.05, 0.1) is 18.2 Å². The number of rotatable bonds is 6. The topological polar surface area (TPSA) is 81.5 Å². The third-order valence-corrected chi connectivity index (χ3v) is 4.20. The van der Waals surface area contributed by atoms with E-state index in [1.807, 2.05) is 13.0 Å². The summed E-state index contributed by atoms with van der Waals surface area (Å²) < 4.78 is 0. The Kier molecular flexibility index (Phi) is 5.36. The van der Waals surface area contributed by atoms with Crippen LogP contribution in [0.1, 0.15) is 39.5 Å². The van der Waals surface area contributed by atoms with Gasteiger partial charge in [-0.2, -0.15) is 0 Å². The second-order valence-corrected chi connectivity index (χ2v) is 5.99. The molecule has 0 spiro atoms. The van der Waals surface area contributed by atoms with Gasteiger partial charge < -0.3 is 20.4 Å². The van der Waals surface area contributed by atoms with Crippen LogP contribution in [-0.2, 0) is 0 Å². The molecule has 1 aliphatic rings. The Morgan fingerprint density at radius 1 is 1.43 bits per heavy atom. The van der Waals surface area contributed by atoms with Gasteiger partial charge >= 0.3 is 0 Å². The molecule has 3 N–H and O–H groups in total. The number of anilines is 2. The molecule has 0 aliphatic carbocycles. The molecule has 2 heterocycles. The first-order valence-corrected chi connectivity index (χ1v) is 7.71. The molecule has 1 aliphatic heterocycles. The zero-order chi connectivity index (χ0) is 15.3. The fourth-order valence-corrected chi connectivity index (χ4v) is 2.50. The van der Waals surface area contributed by atoms with Crippen LogP contribution >= 0.6 is 0 Å². The predicted molar refractivity (Wildman–Crippen MR) is 83.5 cm³/mol. The highest BCUT2D eigenvalue weighted by Crippen LogP contribution is 2.24. The third kappa shape index (κ3) is 4.28. The van der Waals surface area contributed by atoms with Crippen molar-refractivity contribution in [1.82, 2.24) is 9.97 Å². The fourth-order valence-electron chi connectivity index (χ4n) is 2.50. The van der Waals surface area contributed by atoms with E-state index in [0.29, 0.717) is 18.8 Å². The minimum Gasteiger partial charge on any atom is -0.394 e. The summed E-state index contributed by atoms with van der Waals surface area (Å²) >= 11 is 0. The molecule has 0 saturated carbocycles. The third-order valence-electron chi connectivity index (χ3n) is 4.20. The number of piperidine rings is 1. The number of hydrogen-bond donors (Lipinski definition) is 3. The SMILES string of the molecule is CCC(C)(O)CNc1cc(N2CCCCC2CO)ncn1. The molecule has 1 aromatic heterocycles. The standard InChI is InChI=1S/C15H26N4O2/c1-3-15(2,21)10-16-13-8-14(18-11-17-13)19-7-5-4-6-12(19)9-20/h8,11-12,20-21H,3-7,9-10H2,1-2H3,(H,16,17,18). The van der Waals surface area contributed by atoms with E-state index in [-0.39, 0.29) is 12.6 Å². The van der Waals surface area contributed by atoms with E-state index in [1.165, 1.54) is 6.33 Å². The number of aliphatic hydroxyl groups excluding tert-OH is 1. The minimum atomic E-state index is -0.746. The maximum Gasteiger partial charge on any atom is 0.134 e. The van der Waals surface area contributed by atoms with Crippen LogP contribution in [0.25, 0.3) is 0 Å². The van der Waals surface area contributed by atoms with Crippen molar-refractivity contribution < 1.29 is 10.2 Å². The highest BCUT2D eigenvalue weighted by Gasteiger charge is 2.23. The van der Waals surface area contributed by atoms with Crippen molar-refractivity contribution in [3.8, 4) is 0 Å². The molecule has 2 unspecified atom stereocenters. The summed E-state index contributed by atoms with van der Waals surface area (Å²) in [6.45, 7) is 5.26. The zero-order valence-electron chi connectivity index (χ0n) is 12.9.